The van der Waals surface area contributed by atoms with Gasteiger partial charge in [-0.15, -0.1) is 0 Å². The van der Waals surface area contributed by atoms with E-state index in [1.54, 1.807) is 0 Å². The van der Waals surface area contributed by atoms with Crippen molar-refractivity contribution < 1.29 is 8.83 Å². The Morgan fingerprint density at radius 2 is 0.889 bits per heavy atom. The fourth-order valence-corrected chi connectivity index (χ4v) is 5.74. The highest BCUT2D eigenvalue weighted by Crippen LogP contribution is 2.48. The van der Waals surface area contributed by atoms with Crippen molar-refractivity contribution in [2.45, 2.75) is 26.2 Å². The molecule has 0 aliphatic carbocycles. The van der Waals surface area contributed by atoms with Gasteiger partial charge in [-0.1, -0.05) is 106 Å². The highest BCUT2D eigenvalue weighted by atomic mass is 16.3. The number of hydrogen-bond donors (Lipinski definition) is 0. The summed E-state index contributed by atoms with van der Waals surface area (Å²) in [5, 5.41) is 4.68. The van der Waals surface area contributed by atoms with Gasteiger partial charge in [0.25, 0.3) is 0 Å². The Bertz CT molecular complexity index is 1760. The van der Waals surface area contributed by atoms with Crippen LogP contribution in [0.15, 0.2) is 112 Å². The van der Waals surface area contributed by atoms with Gasteiger partial charge in [-0.05, 0) is 45.4 Å². The lowest BCUT2D eigenvalue weighted by atomic mass is 9.80. The minimum atomic E-state index is -0.154. The highest BCUT2D eigenvalue weighted by molar-refractivity contribution is 6.23. The van der Waals surface area contributed by atoms with Gasteiger partial charge in [0.1, 0.15) is 22.3 Å². The van der Waals surface area contributed by atoms with E-state index >= 15 is 0 Å². The van der Waals surface area contributed by atoms with Crippen LogP contribution in [0.1, 0.15) is 26.3 Å². The zero-order valence-electron chi connectivity index (χ0n) is 20.6. The van der Waals surface area contributed by atoms with Crippen LogP contribution in [0.4, 0.5) is 0 Å². The van der Waals surface area contributed by atoms with Gasteiger partial charge >= 0.3 is 0 Å². The normalized spacial score (nSPS) is 12.3. The average molecular weight is 467 g/mol. The Labute approximate surface area is 209 Å². The van der Waals surface area contributed by atoms with Crippen LogP contribution in [0.25, 0.3) is 66.1 Å². The van der Waals surface area contributed by atoms with Crippen LogP contribution in [0.5, 0.6) is 0 Å². The van der Waals surface area contributed by atoms with Gasteiger partial charge in [0.05, 0.1) is 0 Å². The molecule has 0 N–H and O–H groups in total. The molecule has 0 fully saturated rings. The second kappa shape index (κ2) is 7.60. The van der Waals surface area contributed by atoms with Gasteiger partial charge in [0, 0.05) is 27.6 Å². The molecular weight excluding hydrogens is 440 g/mol. The van der Waals surface area contributed by atoms with Crippen molar-refractivity contribution in [3.63, 3.8) is 0 Å². The van der Waals surface area contributed by atoms with Crippen LogP contribution < -0.4 is 0 Å². The van der Waals surface area contributed by atoms with Crippen LogP contribution in [0, 0.1) is 0 Å². The quantitative estimate of drug-likeness (QED) is 0.253. The zero-order valence-corrected chi connectivity index (χ0v) is 20.6. The van der Waals surface area contributed by atoms with Gasteiger partial charge in [-0.3, -0.25) is 0 Å². The van der Waals surface area contributed by atoms with Crippen LogP contribution >= 0.6 is 0 Å². The summed E-state index contributed by atoms with van der Waals surface area (Å²) in [5.41, 5.74) is 9.39. The third-order valence-electron chi connectivity index (χ3n) is 7.17. The smallest absolute Gasteiger partial charge is 0.139 e. The van der Waals surface area contributed by atoms with Crippen LogP contribution in [0.2, 0.25) is 0 Å². The zero-order chi connectivity index (χ0) is 24.4. The number of fused-ring (bicyclic) bond motifs is 6. The van der Waals surface area contributed by atoms with E-state index < -0.39 is 0 Å². The molecule has 0 aliphatic heterocycles. The Hall–Kier alpha value is -4.30. The summed E-state index contributed by atoms with van der Waals surface area (Å²) in [6, 6.07) is 36.0. The summed E-state index contributed by atoms with van der Waals surface area (Å²) >= 11 is 0. The number of rotatable bonds is 2. The van der Waals surface area contributed by atoms with E-state index in [-0.39, 0.29) is 5.41 Å². The maximum absolute atomic E-state index is 6.51. The Balaban J connectivity index is 1.72. The molecule has 0 radical (unpaired) electrons. The Morgan fingerprint density at radius 3 is 1.31 bits per heavy atom. The number of hydrogen-bond acceptors (Lipinski definition) is 2. The lowest BCUT2D eigenvalue weighted by Crippen LogP contribution is -2.12. The summed E-state index contributed by atoms with van der Waals surface area (Å²) < 4.78 is 13.0. The SMILES string of the molecule is CC(C)(C)c1c2c(cc3oc4cccc(-c5ccccc5)c4c13)oc1cccc(-c3ccccc3)c12. The number of furan rings is 2. The van der Waals surface area contributed by atoms with E-state index in [0.29, 0.717) is 0 Å². The largest absolute Gasteiger partial charge is 0.456 e. The van der Waals surface area contributed by atoms with Crippen molar-refractivity contribution in [3.8, 4) is 22.3 Å². The molecule has 2 heterocycles. The minimum Gasteiger partial charge on any atom is -0.456 e. The van der Waals surface area contributed by atoms with Crippen molar-refractivity contribution in [1.29, 1.82) is 0 Å². The van der Waals surface area contributed by atoms with Crippen LogP contribution in [0.3, 0.4) is 0 Å². The molecule has 5 aromatic carbocycles. The molecule has 0 atom stereocenters. The first-order valence-electron chi connectivity index (χ1n) is 12.5. The standard InChI is InChI=1S/C34H26O2/c1-34(2,3)33-31-27(35-25-18-10-16-23(29(25)31)21-12-6-4-7-13-21)20-28-32(33)30-24(17-11-19-26(30)36-28)22-14-8-5-9-15-22/h4-20H,1-3H3. The fraction of sp³-hybridized carbons (Fsp3) is 0.118. The molecule has 0 spiro atoms. The van der Waals surface area contributed by atoms with Gasteiger partial charge in [0.2, 0.25) is 0 Å². The monoisotopic (exact) mass is 466 g/mol. The predicted molar refractivity (Wildman–Crippen MR) is 151 cm³/mol. The maximum atomic E-state index is 6.51. The van der Waals surface area contributed by atoms with E-state index in [4.69, 9.17) is 8.83 Å². The molecule has 0 saturated heterocycles. The molecule has 2 nitrogen and oxygen atoms in total. The third-order valence-corrected chi connectivity index (χ3v) is 7.17. The fourth-order valence-electron chi connectivity index (χ4n) is 5.74. The van der Waals surface area contributed by atoms with Crippen molar-refractivity contribution in [3.05, 3.63) is 109 Å². The Kier molecular flexibility index (Phi) is 4.44. The molecule has 0 saturated carbocycles. The van der Waals surface area contributed by atoms with Gasteiger partial charge in [-0.2, -0.15) is 0 Å². The second-order valence-electron chi connectivity index (χ2n) is 10.5. The second-order valence-corrected chi connectivity index (χ2v) is 10.5. The van der Waals surface area contributed by atoms with E-state index in [1.165, 1.54) is 38.6 Å². The van der Waals surface area contributed by atoms with E-state index in [0.717, 1.165) is 33.1 Å². The topological polar surface area (TPSA) is 26.3 Å². The lowest BCUT2D eigenvalue weighted by molar-refractivity contribution is 0.598. The molecule has 0 bridgehead atoms. The molecular formula is C34H26O2. The first kappa shape index (κ1) is 21.0. The highest BCUT2D eigenvalue weighted by Gasteiger charge is 2.29. The van der Waals surface area contributed by atoms with Crippen molar-refractivity contribution in [1.82, 2.24) is 0 Å². The van der Waals surface area contributed by atoms with Gasteiger partial charge in [0.15, 0.2) is 0 Å². The van der Waals surface area contributed by atoms with Crippen LogP contribution in [-0.2, 0) is 5.41 Å². The molecule has 0 amide bonds. The summed E-state index contributed by atoms with van der Waals surface area (Å²) in [5.74, 6) is 0. The molecule has 2 aromatic heterocycles. The van der Waals surface area contributed by atoms with Gasteiger partial charge < -0.3 is 8.83 Å². The molecule has 0 aliphatic rings. The summed E-state index contributed by atoms with van der Waals surface area (Å²) in [6.07, 6.45) is 0. The first-order valence-corrected chi connectivity index (χ1v) is 12.5. The summed E-state index contributed by atoms with van der Waals surface area (Å²) in [6.45, 7) is 6.86. The van der Waals surface area contributed by atoms with Crippen molar-refractivity contribution in [2.24, 2.45) is 0 Å². The minimum absolute atomic E-state index is 0.154. The molecule has 174 valence electrons. The first-order chi connectivity index (χ1) is 17.5. The van der Waals surface area contributed by atoms with E-state index in [1.807, 2.05) is 0 Å². The molecule has 7 rings (SSSR count). The summed E-state index contributed by atoms with van der Waals surface area (Å²) in [4.78, 5) is 0. The lowest BCUT2D eigenvalue weighted by Gasteiger charge is -2.22. The molecule has 7 aromatic rings. The van der Waals surface area contributed by atoms with E-state index in [2.05, 4.69) is 124 Å². The summed E-state index contributed by atoms with van der Waals surface area (Å²) in [7, 11) is 0. The van der Waals surface area contributed by atoms with Crippen molar-refractivity contribution in [2.75, 3.05) is 0 Å². The van der Waals surface area contributed by atoms with Crippen LogP contribution in [-0.4, -0.2) is 0 Å². The van der Waals surface area contributed by atoms with Crippen molar-refractivity contribution >= 4 is 43.9 Å². The average Bonchev–Trinajstić information content (AvgIpc) is 3.45. The number of benzene rings is 5. The van der Waals surface area contributed by atoms with Gasteiger partial charge in [-0.25, -0.2) is 0 Å². The molecule has 0 unspecified atom stereocenters. The molecule has 2 heteroatoms. The van der Waals surface area contributed by atoms with E-state index in [9.17, 15) is 0 Å². The Morgan fingerprint density at radius 1 is 0.444 bits per heavy atom. The third kappa shape index (κ3) is 3.04. The predicted octanol–water partition coefficient (Wildman–Crippen LogP) is 10.1. The molecule has 36 heavy (non-hydrogen) atoms. The maximum Gasteiger partial charge on any atom is 0.139 e.